The van der Waals surface area contributed by atoms with E-state index in [-0.39, 0.29) is 6.61 Å². The Morgan fingerprint density at radius 2 is 2.20 bits per heavy atom. The largest absolute Gasteiger partial charge is 0.392 e. The topological polar surface area (TPSA) is 36.4 Å². The average molecular weight is 208 g/mol. The van der Waals surface area contributed by atoms with Gasteiger partial charge in [-0.05, 0) is 38.0 Å². The van der Waals surface area contributed by atoms with Crippen LogP contribution in [0.25, 0.3) is 0 Å². The van der Waals surface area contributed by atoms with Gasteiger partial charge in [0.2, 0.25) is 0 Å². The fraction of sp³-hybridized carbons (Fsp3) is 0.583. The van der Waals surface area contributed by atoms with Crippen LogP contribution in [0.5, 0.6) is 0 Å². The molecule has 1 aromatic heterocycles. The zero-order valence-corrected chi connectivity index (χ0v) is 9.77. The van der Waals surface area contributed by atoms with E-state index in [2.05, 4.69) is 30.7 Å². The Morgan fingerprint density at radius 3 is 2.73 bits per heavy atom. The van der Waals surface area contributed by atoms with E-state index in [1.165, 1.54) is 0 Å². The molecule has 3 heteroatoms. The Kier molecular flexibility index (Phi) is 4.56. The molecule has 0 spiro atoms. The molecule has 0 aromatic carbocycles. The van der Waals surface area contributed by atoms with Crippen molar-refractivity contribution in [1.29, 1.82) is 0 Å². The van der Waals surface area contributed by atoms with Gasteiger partial charge in [0.25, 0.3) is 0 Å². The lowest BCUT2D eigenvalue weighted by Gasteiger charge is -2.28. The van der Waals surface area contributed by atoms with Crippen LogP contribution in [0, 0.1) is 0 Å². The van der Waals surface area contributed by atoms with E-state index in [9.17, 15) is 0 Å². The quantitative estimate of drug-likeness (QED) is 0.806. The van der Waals surface area contributed by atoms with Crippen molar-refractivity contribution in [2.24, 2.45) is 0 Å². The molecule has 0 aliphatic rings. The Hall–Kier alpha value is -1.09. The zero-order valence-electron chi connectivity index (χ0n) is 9.77. The van der Waals surface area contributed by atoms with Gasteiger partial charge in [-0.3, -0.25) is 0 Å². The van der Waals surface area contributed by atoms with Crippen molar-refractivity contribution in [2.45, 2.75) is 39.8 Å². The van der Waals surface area contributed by atoms with Crippen LogP contribution in [0.1, 0.15) is 32.8 Å². The van der Waals surface area contributed by atoms with Crippen LogP contribution >= 0.6 is 0 Å². The Balaban J connectivity index is 2.91. The molecule has 15 heavy (non-hydrogen) atoms. The number of nitrogens with zero attached hydrogens (tertiary/aromatic N) is 2. The minimum atomic E-state index is 0.0770. The molecule has 0 radical (unpaired) electrons. The van der Waals surface area contributed by atoms with E-state index in [0.29, 0.717) is 6.04 Å². The number of pyridine rings is 1. The summed E-state index contributed by atoms with van der Waals surface area (Å²) in [6.45, 7) is 7.50. The van der Waals surface area contributed by atoms with Crippen molar-refractivity contribution < 1.29 is 5.11 Å². The highest BCUT2D eigenvalue weighted by Crippen LogP contribution is 2.16. The molecule has 1 unspecified atom stereocenters. The smallest absolute Gasteiger partial charge is 0.129 e. The van der Waals surface area contributed by atoms with Crippen LogP contribution in [0.15, 0.2) is 18.3 Å². The Labute approximate surface area is 91.8 Å². The van der Waals surface area contributed by atoms with E-state index < -0.39 is 0 Å². The number of anilines is 1. The van der Waals surface area contributed by atoms with E-state index in [1.807, 2.05) is 12.1 Å². The molecule has 0 bridgehead atoms. The van der Waals surface area contributed by atoms with Gasteiger partial charge in [-0.25, -0.2) is 4.98 Å². The number of hydrogen-bond donors (Lipinski definition) is 1. The van der Waals surface area contributed by atoms with Gasteiger partial charge in [-0.2, -0.15) is 0 Å². The summed E-state index contributed by atoms with van der Waals surface area (Å²) in [7, 11) is 0. The third kappa shape index (κ3) is 2.93. The standard InChI is InChI=1S/C12H20N2O/c1-4-10(3)14(5-2)12-8-11(9-15)6-7-13-12/h6-8,10,15H,4-5,9H2,1-3H3. The van der Waals surface area contributed by atoms with Crippen molar-refractivity contribution in [3.63, 3.8) is 0 Å². The first-order valence-electron chi connectivity index (χ1n) is 5.55. The predicted molar refractivity (Wildman–Crippen MR) is 62.9 cm³/mol. The fourth-order valence-corrected chi connectivity index (χ4v) is 1.64. The van der Waals surface area contributed by atoms with Crippen LogP contribution in [-0.4, -0.2) is 22.7 Å². The highest BCUT2D eigenvalue weighted by molar-refractivity contribution is 5.41. The number of aliphatic hydroxyl groups is 1. The zero-order chi connectivity index (χ0) is 11.3. The lowest BCUT2D eigenvalue weighted by Crippen LogP contribution is -2.33. The SMILES string of the molecule is CCC(C)N(CC)c1cc(CO)ccn1. The van der Waals surface area contributed by atoms with Gasteiger partial charge < -0.3 is 10.0 Å². The van der Waals surface area contributed by atoms with Crippen LogP contribution in [0.3, 0.4) is 0 Å². The first-order valence-corrected chi connectivity index (χ1v) is 5.55. The minimum Gasteiger partial charge on any atom is -0.392 e. The molecular formula is C12H20N2O. The highest BCUT2D eigenvalue weighted by Gasteiger charge is 2.11. The molecule has 0 aliphatic heterocycles. The third-order valence-electron chi connectivity index (χ3n) is 2.75. The fourth-order valence-electron chi connectivity index (χ4n) is 1.64. The molecule has 3 nitrogen and oxygen atoms in total. The molecule has 0 amide bonds. The Bertz CT molecular complexity index is 301. The van der Waals surface area contributed by atoms with Gasteiger partial charge in [0.1, 0.15) is 5.82 Å². The maximum atomic E-state index is 9.07. The number of aliphatic hydroxyl groups excluding tert-OH is 1. The molecule has 1 aromatic rings. The van der Waals surface area contributed by atoms with E-state index in [0.717, 1.165) is 24.3 Å². The van der Waals surface area contributed by atoms with Crippen LogP contribution in [-0.2, 0) is 6.61 Å². The lowest BCUT2D eigenvalue weighted by molar-refractivity contribution is 0.281. The van der Waals surface area contributed by atoms with Crippen LogP contribution in [0.2, 0.25) is 0 Å². The molecule has 0 saturated carbocycles. The molecular weight excluding hydrogens is 188 g/mol. The molecule has 1 atom stereocenters. The molecule has 1 rings (SSSR count). The summed E-state index contributed by atoms with van der Waals surface area (Å²) in [6, 6.07) is 4.28. The third-order valence-corrected chi connectivity index (χ3v) is 2.75. The molecule has 1 N–H and O–H groups in total. The van der Waals surface area contributed by atoms with Gasteiger partial charge in [-0.1, -0.05) is 6.92 Å². The summed E-state index contributed by atoms with van der Waals surface area (Å²) in [5.74, 6) is 0.957. The second-order valence-electron chi connectivity index (χ2n) is 3.72. The predicted octanol–water partition coefficient (Wildman–Crippen LogP) is 2.20. The Morgan fingerprint density at radius 1 is 1.47 bits per heavy atom. The lowest BCUT2D eigenvalue weighted by atomic mass is 10.2. The van der Waals surface area contributed by atoms with Crippen molar-refractivity contribution in [3.8, 4) is 0 Å². The van der Waals surface area contributed by atoms with Gasteiger partial charge in [0, 0.05) is 18.8 Å². The van der Waals surface area contributed by atoms with Gasteiger partial charge >= 0.3 is 0 Å². The second-order valence-corrected chi connectivity index (χ2v) is 3.72. The van der Waals surface area contributed by atoms with Gasteiger partial charge in [0.15, 0.2) is 0 Å². The average Bonchev–Trinajstić information content (AvgIpc) is 2.30. The van der Waals surface area contributed by atoms with E-state index in [1.54, 1.807) is 6.20 Å². The number of rotatable bonds is 5. The first kappa shape index (κ1) is 12.0. The maximum Gasteiger partial charge on any atom is 0.129 e. The molecule has 84 valence electrons. The summed E-state index contributed by atoms with van der Waals surface area (Å²) >= 11 is 0. The van der Waals surface area contributed by atoms with Gasteiger partial charge in [-0.15, -0.1) is 0 Å². The summed E-state index contributed by atoms with van der Waals surface area (Å²) in [5.41, 5.74) is 0.918. The molecule has 0 aliphatic carbocycles. The second kappa shape index (κ2) is 5.71. The van der Waals surface area contributed by atoms with Gasteiger partial charge in [0.05, 0.1) is 6.61 Å². The molecule has 0 fully saturated rings. The van der Waals surface area contributed by atoms with Crippen molar-refractivity contribution in [1.82, 2.24) is 4.98 Å². The monoisotopic (exact) mass is 208 g/mol. The van der Waals surface area contributed by atoms with E-state index in [4.69, 9.17) is 5.11 Å². The van der Waals surface area contributed by atoms with E-state index >= 15 is 0 Å². The maximum absolute atomic E-state index is 9.07. The summed E-state index contributed by atoms with van der Waals surface area (Å²) in [6.07, 6.45) is 2.85. The summed E-state index contributed by atoms with van der Waals surface area (Å²) < 4.78 is 0. The summed E-state index contributed by atoms with van der Waals surface area (Å²) in [5, 5.41) is 9.07. The molecule has 0 saturated heterocycles. The number of hydrogen-bond acceptors (Lipinski definition) is 3. The normalized spacial score (nSPS) is 12.5. The van der Waals surface area contributed by atoms with Crippen molar-refractivity contribution in [3.05, 3.63) is 23.9 Å². The van der Waals surface area contributed by atoms with Crippen LogP contribution < -0.4 is 4.90 Å². The van der Waals surface area contributed by atoms with Crippen molar-refractivity contribution in [2.75, 3.05) is 11.4 Å². The number of aromatic nitrogens is 1. The van der Waals surface area contributed by atoms with Crippen LogP contribution in [0.4, 0.5) is 5.82 Å². The summed E-state index contributed by atoms with van der Waals surface area (Å²) in [4.78, 5) is 6.59. The van der Waals surface area contributed by atoms with Crippen molar-refractivity contribution >= 4 is 5.82 Å². The first-order chi connectivity index (χ1) is 7.22. The minimum absolute atomic E-state index is 0.0770. The highest BCUT2D eigenvalue weighted by atomic mass is 16.3. The molecule has 1 heterocycles.